The van der Waals surface area contributed by atoms with Crippen molar-refractivity contribution in [2.24, 2.45) is 5.84 Å². The predicted octanol–water partition coefficient (Wildman–Crippen LogP) is 1.12. The first-order valence-electron chi connectivity index (χ1n) is 5.27. The van der Waals surface area contributed by atoms with Crippen molar-refractivity contribution in [3.05, 3.63) is 40.3 Å². The van der Waals surface area contributed by atoms with E-state index < -0.39 is 4.92 Å². The Bertz CT molecular complexity index is 599. The van der Waals surface area contributed by atoms with Gasteiger partial charge in [-0.3, -0.25) is 10.1 Å². The Balaban J connectivity index is 2.39. The van der Waals surface area contributed by atoms with Gasteiger partial charge in [0.2, 0.25) is 11.6 Å². The average Bonchev–Trinajstić information content (AvgIpc) is 2.40. The van der Waals surface area contributed by atoms with E-state index in [-0.39, 0.29) is 17.3 Å². The predicted molar refractivity (Wildman–Crippen MR) is 68.8 cm³/mol. The number of hydrogen-bond donors (Lipinski definition) is 3. The number of nitrogens with two attached hydrogens (primary N) is 1. The molecule has 0 unspecified atom stereocenters. The zero-order valence-corrected chi connectivity index (χ0v) is 9.99. The highest BCUT2D eigenvalue weighted by Crippen LogP contribution is 2.29. The Labute approximate surface area is 108 Å². The first-order valence-corrected chi connectivity index (χ1v) is 5.27. The van der Waals surface area contributed by atoms with Crippen LogP contribution in [0.3, 0.4) is 0 Å². The zero-order chi connectivity index (χ0) is 13.8. The lowest BCUT2D eigenvalue weighted by Gasteiger charge is -2.07. The van der Waals surface area contributed by atoms with Crippen LogP contribution in [0.5, 0.6) is 0 Å². The molecular weight excluding hydrogens is 250 g/mol. The van der Waals surface area contributed by atoms with E-state index in [0.29, 0.717) is 5.82 Å². The van der Waals surface area contributed by atoms with Crippen molar-refractivity contribution in [3.8, 4) is 0 Å². The van der Waals surface area contributed by atoms with Crippen LogP contribution in [0.15, 0.2) is 24.7 Å². The fourth-order valence-electron chi connectivity index (χ4n) is 1.41. The summed E-state index contributed by atoms with van der Waals surface area (Å²) in [5, 5.41) is 13.8. The Kier molecular flexibility index (Phi) is 3.48. The lowest BCUT2D eigenvalue weighted by atomic mass is 10.3. The SMILES string of the molecule is Cc1ccc(Nc2ncnc(NN)c2[N+](=O)[O-])nc1. The van der Waals surface area contributed by atoms with E-state index in [2.05, 4.69) is 25.7 Å². The summed E-state index contributed by atoms with van der Waals surface area (Å²) in [6.45, 7) is 1.89. The largest absolute Gasteiger partial charge is 0.354 e. The van der Waals surface area contributed by atoms with Crippen LogP contribution in [0.1, 0.15) is 5.56 Å². The highest BCUT2D eigenvalue weighted by atomic mass is 16.6. The minimum Gasteiger partial charge on any atom is -0.319 e. The number of nitrogen functional groups attached to an aromatic ring is 1. The molecule has 0 aromatic carbocycles. The number of hydrazine groups is 1. The molecule has 4 N–H and O–H groups in total. The lowest BCUT2D eigenvalue weighted by Crippen LogP contribution is -2.13. The monoisotopic (exact) mass is 261 g/mol. The molecule has 0 saturated heterocycles. The molecule has 0 saturated carbocycles. The van der Waals surface area contributed by atoms with Gasteiger partial charge in [0.15, 0.2) is 0 Å². The summed E-state index contributed by atoms with van der Waals surface area (Å²) in [6, 6.07) is 3.52. The van der Waals surface area contributed by atoms with Crippen molar-refractivity contribution < 1.29 is 4.92 Å². The summed E-state index contributed by atoms with van der Waals surface area (Å²) in [4.78, 5) is 22.0. The second kappa shape index (κ2) is 5.23. The van der Waals surface area contributed by atoms with Crippen LogP contribution in [0.25, 0.3) is 0 Å². The molecule has 0 bridgehead atoms. The second-order valence-electron chi connectivity index (χ2n) is 3.67. The average molecular weight is 261 g/mol. The Morgan fingerprint density at radius 3 is 2.58 bits per heavy atom. The van der Waals surface area contributed by atoms with Crippen molar-refractivity contribution in [1.29, 1.82) is 0 Å². The van der Waals surface area contributed by atoms with Crippen LogP contribution in [0.4, 0.5) is 23.1 Å². The van der Waals surface area contributed by atoms with E-state index in [1.807, 2.05) is 13.0 Å². The number of nitrogens with zero attached hydrogens (tertiary/aromatic N) is 4. The third kappa shape index (κ3) is 2.72. The first kappa shape index (κ1) is 12.6. The number of nitro groups is 1. The van der Waals surface area contributed by atoms with Crippen LogP contribution < -0.4 is 16.6 Å². The molecule has 0 aliphatic rings. The van der Waals surface area contributed by atoms with E-state index in [4.69, 9.17) is 5.84 Å². The van der Waals surface area contributed by atoms with Gasteiger partial charge in [0, 0.05) is 6.20 Å². The standard InChI is InChI=1S/C10H11N7O2/c1-6-2-3-7(12-4-6)15-9-8(17(18)19)10(16-11)14-5-13-9/h2-5H,11H2,1H3,(H2,12,13,14,15,16). The van der Waals surface area contributed by atoms with E-state index in [0.717, 1.165) is 5.56 Å². The number of pyridine rings is 1. The minimum absolute atomic E-state index is 0.0179. The van der Waals surface area contributed by atoms with Crippen LogP contribution in [-0.4, -0.2) is 19.9 Å². The van der Waals surface area contributed by atoms with E-state index in [1.165, 1.54) is 6.33 Å². The van der Waals surface area contributed by atoms with Gasteiger partial charge in [-0.25, -0.2) is 20.8 Å². The summed E-state index contributed by atoms with van der Waals surface area (Å²) >= 11 is 0. The summed E-state index contributed by atoms with van der Waals surface area (Å²) in [5.74, 6) is 5.57. The molecule has 2 heterocycles. The molecule has 19 heavy (non-hydrogen) atoms. The molecule has 0 aliphatic heterocycles. The quantitative estimate of drug-likeness (QED) is 0.423. The van der Waals surface area contributed by atoms with Crippen molar-refractivity contribution in [3.63, 3.8) is 0 Å². The third-order valence-electron chi connectivity index (χ3n) is 2.30. The Morgan fingerprint density at radius 1 is 1.26 bits per heavy atom. The molecule has 2 aromatic heterocycles. The highest BCUT2D eigenvalue weighted by Gasteiger charge is 2.22. The van der Waals surface area contributed by atoms with Crippen molar-refractivity contribution in [1.82, 2.24) is 15.0 Å². The van der Waals surface area contributed by atoms with Gasteiger partial charge in [0.25, 0.3) is 0 Å². The van der Waals surface area contributed by atoms with Gasteiger partial charge in [-0.1, -0.05) is 6.07 Å². The molecular formula is C10H11N7O2. The molecule has 0 amide bonds. The van der Waals surface area contributed by atoms with E-state index in [9.17, 15) is 10.1 Å². The van der Waals surface area contributed by atoms with Gasteiger partial charge in [0.1, 0.15) is 12.1 Å². The molecule has 0 aliphatic carbocycles. The Morgan fingerprint density at radius 2 is 2.00 bits per heavy atom. The lowest BCUT2D eigenvalue weighted by molar-refractivity contribution is -0.383. The van der Waals surface area contributed by atoms with Crippen LogP contribution in [0, 0.1) is 17.0 Å². The number of aryl methyl sites for hydroxylation is 1. The van der Waals surface area contributed by atoms with Crippen molar-refractivity contribution in [2.45, 2.75) is 6.92 Å². The fourth-order valence-corrected chi connectivity index (χ4v) is 1.41. The fraction of sp³-hybridized carbons (Fsp3) is 0.100. The molecule has 2 aromatic rings. The topological polar surface area (TPSA) is 132 Å². The zero-order valence-electron chi connectivity index (χ0n) is 9.99. The molecule has 2 rings (SSSR count). The van der Waals surface area contributed by atoms with Gasteiger partial charge in [-0.2, -0.15) is 0 Å². The maximum atomic E-state index is 11.0. The minimum atomic E-state index is -0.619. The summed E-state index contributed by atoms with van der Waals surface area (Å²) in [6.07, 6.45) is 2.80. The number of rotatable bonds is 4. The van der Waals surface area contributed by atoms with E-state index >= 15 is 0 Å². The molecule has 0 fully saturated rings. The number of nitrogens with one attached hydrogen (secondary N) is 2. The van der Waals surface area contributed by atoms with Crippen LogP contribution in [-0.2, 0) is 0 Å². The van der Waals surface area contributed by atoms with Gasteiger partial charge in [-0.15, -0.1) is 0 Å². The molecule has 9 nitrogen and oxygen atoms in total. The number of aromatic nitrogens is 3. The van der Waals surface area contributed by atoms with Gasteiger partial charge in [-0.05, 0) is 18.6 Å². The molecule has 0 atom stereocenters. The number of anilines is 3. The second-order valence-corrected chi connectivity index (χ2v) is 3.67. The molecule has 98 valence electrons. The van der Waals surface area contributed by atoms with Crippen molar-refractivity contribution in [2.75, 3.05) is 10.7 Å². The molecule has 0 spiro atoms. The van der Waals surface area contributed by atoms with E-state index in [1.54, 1.807) is 12.3 Å². The van der Waals surface area contributed by atoms with Gasteiger partial charge >= 0.3 is 5.69 Å². The normalized spacial score (nSPS) is 10.0. The number of hydrogen-bond acceptors (Lipinski definition) is 8. The van der Waals surface area contributed by atoms with Crippen LogP contribution in [0.2, 0.25) is 0 Å². The molecule has 0 radical (unpaired) electrons. The maximum absolute atomic E-state index is 11.0. The summed E-state index contributed by atoms with van der Waals surface area (Å²) in [7, 11) is 0. The first-order chi connectivity index (χ1) is 9.11. The third-order valence-corrected chi connectivity index (χ3v) is 2.30. The smallest absolute Gasteiger partial charge is 0.319 e. The highest BCUT2D eigenvalue weighted by molar-refractivity contribution is 5.72. The van der Waals surface area contributed by atoms with Gasteiger partial charge < -0.3 is 10.7 Å². The summed E-state index contributed by atoms with van der Waals surface area (Å²) < 4.78 is 0. The Hall–Kier alpha value is -2.81. The van der Waals surface area contributed by atoms with Gasteiger partial charge in [0.05, 0.1) is 4.92 Å². The van der Waals surface area contributed by atoms with Crippen molar-refractivity contribution >= 4 is 23.1 Å². The summed E-state index contributed by atoms with van der Waals surface area (Å²) in [5.41, 5.74) is 2.80. The molecule has 9 heteroatoms. The maximum Gasteiger partial charge on any atom is 0.354 e. The van der Waals surface area contributed by atoms with Crippen LogP contribution >= 0.6 is 0 Å².